The maximum absolute atomic E-state index is 11.0. The Bertz CT molecular complexity index is 593. The molecular formula is C17H21NO3. The van der Waals surface area contributed by atoms with Crippen LogP contribution in [0, 0.1) is 5.92 Å². The van der Waals surface area contributed by atoms with Gasteiger partial charge in [0.25, 0.3) is 0 Å². The van der Waals surface area contributed by atoms with E-state index in [9.17, 15) is 4.79 Å². The number of carbonyl (C=O) groups is 1. The molecule has 1 heterocycles. The molecule has 1 aliphatic rings. The lowest BCUT2D eigenvalue weighted by Crippen LogP contribution is -2.36. The second-order valence-corrected chi connectivity index (χ2v) is 5.96. The normalized spacial score (nSPS) is 24.0. The molecule has 2 aromatic rings. The Morgan fingerprint density at radius 2 is 2.00 bits per heavy atom. The van der Waals surface area contributed by atoms with E-state index in [1.807, 2.05) is 24.3 Å². The maximum Gasteiger partial charge on any atom is 0.306 e. The first-order chi connectivity index (χ1) is 10.1. The summed E-state index contributed by atoms with van der Waals surface area (Å²) >= 11 is 0. The van der Waals surface area contributed by atoms with E-state index < -0.39 is 5.97 Å². The molecule has 0 amide bonds. The summed E-state index contributed by atoms with van der Waals surface area (Å²) in [6.07, 6.45) is 3.36. The Hall–Kier alpha value is -1.81. The van der Waals surface area contributed by atoms with Gasteiger partial charge in [0.05, 0.1) is 12.0 Å². The third-order valence-electron chi connectivity index (χ3n) is 4.43. The zero-order valence-corrected chi connectivity index (χ0v) is 12.2. The van der Waals surface area contributed by atoms with E-state index in [0.29, 0.717) is 6.04 Å². The number of nitrogens with one attached hydrogen (secondary N) is 1. The van der Waals surface area contributed by atoms with Crippen molar-refractivity contribution in [3.63, 3.8) is 0 Å². The molecule has 2 N–H and O–H groups in total. The molecule has 4 nitrogen and oxygen atoms in total. The molecule has 1 aromatic carbocycles. The number of rotatable bonds is 4. The second-order valence-electron chi connectivity index (χ2n) is 5.96. The Labute approximate surface area is 124 Å². The van der Waals surface area contributed by atoms with E-state index in [0.717, 1.165) is 42.4 Å². The van der Waals surface area contributed by atoms with Crippen molar-refractivity contribution in [1.29, 1.82) is 0 Å². The lowest BCUT2D eigenvalue weighted by Gasteiger charge is -2.28. The standard InChI is InChI=1S/C17H21NO3/c1-11(16-10-13-4-2-3-5-15(13)21-16)18-14-8-6-12(7-9-14)17(19)20/h2-5,10-12,14,18H,6-9H2,1H3,(H,19,20). The van der Waals surface area contributed by atoms with Crippen LogP contribution in [0.2, 0.25) is 0 Å². The highest BCUT2D eigenvalue weighted by Crippen LogP contribution is 2.28. The minimum absolute atomic E-state index is 0.142. The number of aliphatic carboxylic acids is 1. The molecule has 1 aliphatic carbocycles. The van der Waals surface area contributed by atoms with Crippen molar-refractivity contribution in [3.8, 4) is 0 Å². The van der Waals surface area contributed by atoms with Gasteiger partial charge in [-0.2, -0.15) is 0 Å². The molecule has 21 heavy (non-hydrogen) atoms. The average Bonchev–Trinajstić information content (AvgIpc) is 2.92. The van der Waals surface area contributed by atoms with Crippen molar-refractivity contribution in [3.05, 3.63) is 36.1 Å². The number of benzene rings is 1. The fraction of sp³-hybridized carbons (Fsp3) is 0.471. The molecule has 3 rings (SSSR count). The summed E-state index contributed by atoms with van der Waals surface area (Å²) in [6.45, 7) is 2.10. The lowest BCUT2D eigenvalue weighted by molar-refractivity contribution is -0.142. The quantitative estimate of drug-likeness (QED) is 0.899. The predicted molar refractivity (Wildman–Crippen MR) is 81.1 cm³/mol. The van der Waals surface area contributed by atoms with Crippen LogP contribution in [0.5, 0.6) is 0 Å². The lowest BCUT2D eigenvalue weighted by atomic mass is 9.86. The number of para-hydroxylation sites is 1. The summed E-state index contributed by atoms with van der Waals surface area (Å²) in [7, 11) is 0. The first kappa shape index (κ1) is 14.1. The molecule has 4 heteroatoms. The van der Waals surface area contributed by atoms with Crippen LogP contribution in [-0.4, -0.2) is 17.1 Å². The highest BCUT2D eigenvalue weighted by atomic mass is 16.4. The third kappa shape index (κ3) is 3.10. The summed E-state index contributed by atoms with van der Waals surface area (Å²) in [5.41, 5.74) is 0.913. The van der Waals surface area contributed by atoms with Gasteiger partial charge in [0.2, 0.25) is 0 Å². The van der Waals surface area contributed by atoms with E-state index in [1.54, 1.807) is 0 Å². The molecule has 1 saturated carbocycles. The summed E-state index contributed by atoms with van der Waals surface area (Å²) in [5, 5.41) is 13.7. The van der Waals surface area contributed by atoms with Gasteiger partial charge in [-0.05, 0) is 44.7 Å². The molecule has 0 bridgehead atoms. The van der Waals surface area contributed by atoms with E-state index >= 15 is 0 Å². The number of fused-ring (bicyclic) bond motifs is 1. The molecule has 1 fully saturated rings. The van der Waals surface area contributed by atoms with Crippen LogP contribution in [0.1, 0.15) is 44.4 Å². The van der Waals surface area contributed by atoms with Crippen LogP contribution < -0.4 is 5.32 Å². The van der Waals surface area contributed by atoms with Gasteiger partial charge in [0.15, 0.2) is 0 Å². The first-order valence-electron chi connectivity index (χ1n) is 7.61. The van der Waals surface area contributed by atoms with Gasteiger partial charge in [-0.1, -0.05) is 18.2 Å². The highest BCUT2D eigenvalue weighted by molar-refractivity contribution is 5.77. The van der Waals surface area contributed by atoms with Crippen molar-refractivity contribution in [2.45, 2.75) is 44.7 Å². The van der Waals surface area contributed by atoms with E-state index in [2.05, 4.69) is 18.3 Å². The molecule has 0 radical (unpaired) electrons. The fourth-order valence-electron chi connectivity index (χ4n) is 3.16. The molecule has 0 spiro atoms. The second kappa shape index (κ2) is 5.90. The highest BCUT2D eigenvalue weighted by Gasteiger charge is 2.27. The van der Waals surface area contributed by atoms with Gasteiger partial charge in [0.1, 0.15) is 11.3 Å². The van der Waals surface area contributed by atoms with Crippen LogP contribution in [0.3, 0.4) is 0 Å². The maximum atomic E-state index is 11.0. The molecular weight excluding hydrogens is 266 g/mol. The van der Waals surface area contributed by atoms with Gasteiger partial charge < -0.3 is 14.8 Å². The summed E-state index contributed by atoms with van der Waals surface area (Å²) < 4.78 is 5.87. The minimum atomic E-state index is -0.654. The van der Waals surface area contributed by atoms with Crippen molar-refractivity contribution < 1.29 is 14.3 Å². The summed E-state index contributed by atoms with van der Waals surface area (Å²) in [4.78, 5) is 11.0. The molecule has 0 aliphatic heterocycles. The van der Waals surface area contributed by atoms with Crippen LogP contribution >= 0.6 is 0 Å². The molecule has 112 valence electrons. The van der Waals surface area contributed by atoms with Crippen LogP contribution in [-0.2, 0) is 4.79 Å². The smallest absolute Gasteiger partial charge is 0.306 e. The van der Waals surface area contributed by atoms with Gasteiger partial charge >= 0.3 is 5.97 Å². The summed E-state index contributed by atoms with van der Waals surface area (Å²) in [5.74, 6) is 0.125. The zero-order valence-electron chi connectivity index (χ0n) is 12.2. The van der Waals surface area contributed by atoms with Crippen LogP contribution in [0.4, 0.5) is 0 Å². The molecule has 1 unspecified atom stereocenters. The topological polar surface area (TPSA) is 62.5 Å². The Morgan fingerprint density at radius 3 is 2.67 bits per heavy atom. The number of furan rings is 1. The number of hydrogen-bond acceptors (Lipinski definition) is 3. The van der Waals surface area contributed by atoms with Crippen LogP contribution in [0.25, 0.3) is 11.0 Å². The largest absolute Gasteiger partial charge is 0.481 e. The van der Waals surface area contributed by atoms with Crippen LogP contribution in [0.15, 0.2) is 34.7 Å². The monoisotopic (exact) mass is 287 g/mol. The Morgan fingerprint density at radius 1 is 1.29 bits per heavy atom. The van der Waals surface area contributed by atoms with Crippen molar-refractivity contribution >= 4 is 16.9 Å². The van der Waals surface area contributed by atoms with Gasteiger partial charge in [-0.15, -0.1) is 0 Å². The van der Waals surface area contributed by atoms with Gasteiger partial charge in [0, 0.05) is 11.4 Å². The SMILES string of the molecule is CC(NC1CCC(C(=O)O)CC1)c1cc2ccccc2o1. The molecule has 0 saturated heterocycles. The van der Waals surface area contributed by atoms with Crippen molar-refractivity contribution in [1.82, 2.24) is 5.32 Å². The zero-order chi connectivity index (χ0) is 14.8. The number of carboxylic acid groups (broad SMARTS) is 1. The Balaban J connectivity index is 1.61. The van der Waals surface area contributed by atoms with Gasteiger partial charge in [-0.3, -0.25) is 4.79 Å². The van der Waals surface area contributed by atoms with Gasteiger partial charge in [-0.25, -0.2) is 0 Å². The molecule has 1 aromatic heterocycles. The summed E-state index contributed by atoms with van der Waals surface area (Å²) in [6, 6.07) is 10.6. The first-order valence-corrected chi connectivity index (χ1v) is 7.61. The number of carboxylic acids is 1. The van der Waals surface area contributed by atoms with Crippen molar-refractivity contribution in [2.75, 3.05) is 0 Å². The average molecular weight is 287 g/mol. The predicted octanol–water partition coefficient (Wildman–Crippen LogP) is 3.73. The Kier molecular flexibility index (Phi) is 3.97. The minimum Gasteiger partial charge on any atom is -0.481 e. The van der Waals surface area contributed by atoms with E-state index in [1.165, 1.54) is 0 Å². The fourth-order valence-corrected chi connectivity index (χ4v) is 3.16. The number of hydrogen-bond donors (Lipinski definition) is 2. The molecule has 1 atom stereocenters. The third-order valence-corrected chi connectivity index (χ3v) is 4.43. The van der Waals surface area contributed by atoms with E-state index in [4.69, 9.17) is 9.52 Å². The van der Waals surface area contributed by atoms with Crippen molar-refractivity contribution in [2.24, 2.45) is 5.92 Å². The van der Waals surface area contributed by atoms with E-state index in [-0.39, 0.29) is 12.0 Å².